The van der Waals surface area contributed by atoms with Gasteiger partial charge in [0.2, 0.25) is 0 Å². The molecular weight excluding hydrogens is 192 g/mol. The van der Waals surface area contributed by atoms with Crippen molar-refractivity contribution >= 4 is 0 Å². The van der Waals surface area contributed by atoms with Crippen LogP contribution in [0.4, 0.5) is 0 Å². The lowest BCUT2D eigenvalue weighted by Crippen LogP contribution is -2.44. The summed E-state index contributed by atoms with van der Waals surface area (Å²) >= 11 is 0. The molecule has 0 aliphatic carbocycles. The van der Waals surface area contributed by atoms with E-state index in [1.807, 2.05) is 23.9 Å². The van der Waals surface area contributed by atoms with Gasteiger partial charge < -0.3 is 10.2 Å². The summed E-state index contributed by atoms with van der Waals surface area (Å²) in [5.41, 5.74) is -1.54. The lowest BCUT2D eigenvalue weighted by atomic mass is 10.2. The zero-order valence-corrected chi connectivity index (χ0v) is 10.9. The first-order valence-electron chi connectivity index (χ1n) is 5.42. The van der Waals surface area contributed by atoms with E-state index in [4.69, 9.17) is 0 Å². The molecule has 15 heavy (non-hydrogen) atoms. The maximum Gasteiger partial charge on any atom is 0.112 e. The Morgan fingerprint density at radius 1 is 0.800 bits per heavy atom. The van der Waals surface area contributed by atoms with Gasteiger partial charge in [-0.3, -0.25) is 9.80 Å². The fourth-order valence-corrected chi connectivity index (χ4v) is 1.09. The van der Waals surface area contributed by atoms with E-state index in [0.717, 1.165) is 19.5 Å². The first-order chi connectivity index (χ1) is 6.55. The maximum atomic E-state index is 9.67. The zero-order chi connectivity index (χ0) is 12.3. The van der Waals surface area contributed by atoms with Crippen molar-refractivity contribution in [1.29, 1.82) is 0 Å². The molecule has 0 heterocycles. The summed E-state index contributed by atoms with van der Waals surface area (Å²) < 4.78 is 0. The quantitative estimate of drug-likeness (QED) is 0.644. The summed E-state index contributed by atoms with van der Waals surface area (Å²) in [6, 6.07) is 0. The molecule has 92 valence electrons. The van der Waals surface area contributed by atoms with Crippen molar-refractivity contribution in [1.82, 2.24) is 9.80 Å². The highest BCUT2D eigenvalue weighted by atomic mass is 16.3. The van der Waals surface area contributed by atoms with E-state index in [1.54, 1.807) is 27.7 Å². The van der Waals surface area contributed by atoms with E-state index < -0.39 is 11.4 Å². The summed E-state index contributed by atoms with van der Waals surface area (Å²) in [5, 5.41) is 19.3. The minimum Gasteiger partial charge on any atom is -0.376 e. The predicted molar refractivity (Wildman–Crippen MR) is 62.5 cm³/mol. The third kappa shape index (κ3) is 6.10. The third-order valence-electron chi connectivity index (χ3n) is 2.86. The second kappa shape index (κ2) is 5.25. The van der Waals surface area contributed by atoms with Crippen molar-refractivity contribution in [3.8, 4) is 0 Å². The van der Waals surface area contributed by atoms with Crippen molar-refractivity contribution in [2.45, 2.75) is 45.6 Å². The Kier molecular flexibility index (Phi) is 5.20. The topological polar surface area (TPSA) is 46.9 Å². The van der Waals surface area contributed by atoms with Crippen LogP contribution in [0.3, 0.4) is 0 Å². The lowest BCUT2D eigenvalue weighted by Gasteiger charge is -2.33. The highest BCUT2D eigenvalue weighted by Crippen LogP contribution is 2.10. The average Bonchev–Trinajstić information content (AvgIpc) is 2.00. The Balaban J connectivity index is 3.81. The molecule has 0 aromatic rings. The summed E-state index contributed by atoms with van der Waals surface area (Å²) in [5.74, 6) is 0. The molecule has 4 nitrogen and oxygen atoms in total. The molecule has 0 unspecified atom stereocenters. The molecule has 0 radical (unpaired) electrons. The number of rotatable bonds is 6. The molecule has 0 aromatic carbocycles. The molecule has 0 saturated carbocycles. The third-order valence-corrected chi connectivity index (χ3v) is 2.86. The van der Waals surface area contributed by atoms with Gasteiger partial charge in [0.25, 0.3) is 0 Å². The number of hydrogen-bond acceptors (Lipinski definition) is 4. The normalized spacial score (nSPS) is 14.0. The van der Waals surface area contributed by atoms with E-state index in [9.17, 15) is 10.2 Å². The highest BCUT2D eigenvalue weighted by Gasteiger charge is 2.21. The van der Waals surface area contributed by atoms with Crippen molar-refractivity contribution in [3.05, 3.63) is 0 Å². The molecule has 0 spiro atoms. The second-order valence-corrected chi connectivity index (χ2v) is 5.19. The summed E-state index contributed by atoms with van der Waals surface area (Å²) in [4.78, 5) is 3.79. The second-order valence-electron chi connectivity index (χ2n) is 5.19. The average molecular weight is 218 g/mol. The molecule has 0 amide bonds. The fourth-order valence-electron chi connectivity index (χ4n) is 1.09. The largest absolute Gasteiger partial charge is 0.376 e. The van der Waals surface area contributed by atoms with Gasteiger partial charge in [-0.1, -0.05) is 0 Å². The Hall–Kier alpha value is -0.160. The molecular formula is C11H26N2O2. The Morgan fingerprint density at radius 2 is 1.07 bits per heavy atom. The van der Waals surface area contributed by atoms with E-state index in [1.165, 1.54) is 0 Å². The van der Waals surface area contributed by atoms with Crippen LogP contribution in [0.1, 0.15) is 34.1 Å². The monoisotopic (exact) mass is 218 g/mol. The van der Waals surface area contributed by atoms with Crippen LogP contribution in [0.5, 0.6) is 0 Å². The van der Waals surface area contributed by atoms with Gasteiger partial charge in [-0.05, 0) is 48.2 Å². The number of hydrogen-bond donors (Lipinski definition) is 2. The van der Waals surface area contributed by atoms with Crippen molar-refractivity contribution in [2.24, 2.45) is 0 Å². The molecule has 0 rings (SSSR count). The summed E-state index contributed by atoms with van der Waals surface area (Å²) in [6.45, 7) is 8.70. The molecule has 0 saturated heterocycles. The van der Waals surface area contributed by atoms with Crippen molar-refractivity contribution in [3.63, 3.8) is 0 Å². The van der Waals surface area contributed by atoms with Crippen LogP contribution >= 0.6 is 0 Å². The molecule has 0 aliphatic heterocycles. The fraction of sp³-hybridized carbons (Fsp3) is 1.00. The van der Waals surface area contributed by atoms with Crippen LogP contribution in [0, 0.1) is 0 Å². The first kappa shape index (κ1) is 14.8. The molecule has 2 N–H and O–H groups in total. The van der Waals surface area contributed by atoms with Gasteiger partial charge in [0, 0.05) is 13.1 Å². The van der Waals surface area contributed by atoms with E-state index >= 15 is 0 Å². The van der Waals surface area contributed by atoms with Crippen LogP contribution in [0.25, 0.3) is 0 Å². The molecule has 0 atom stereocenters. The van der Waals surface area contributed by atoms with E-state index in [-0.39, 0.29) is 0 Å². The Labute approximate surface area is 93.5 Å². The van der Waals surface area contributed by atoms with Gasteiger partial charge in [0.15, 0.2) is 0 Å². The van der Waals surface area contributed by atoms with Gasteiger partial charge in [0.05, 0.1) is 0 Å². The van der Waals surface area contributed by atoms with Crippen molar-refractivity contribution < 1.29 is 10.2 Å². The molecule has 0 aromatic heterocycles. The lowest BCUT2D eigenvalue weighted by molar-refractivity contribution is -0.0770. The van der Waals surface area contributed by atoms with Crippen LogP contribution in [0.15, 0.2) is 0 Å². The predicted octanol–water partition coefficient (Wildman–Crippen LogP) is 0.697. The van der Waals surface area contributed by atoms with Gasteiger partial charge in [-0.2, -0.15) is 0 Å². The van der Waals surface area contributed by atoms with E-state index in [0.29, 0.717) is 0 Å². The van der Waals surface area contributed by atoms with Crippen molar-refractivity contribution in [2.75, 3.05) is 27.2 Å². The van der Waals surface area contributed by atoms with Gasteiger partial charge in [-0.15, -0.1) is 0 Å². The minimum absolute atomic E-state index is 0.771. The number of nitrogens with zero attached hydrogens (tertiary/aromatic N) is 2. The van der Waals surface area contributed by atoms with Crippen LogP contribution in [-0.2, 0) is 0 Å². The summed E-state index contributed by atoms with van der Waals surface area (Å²) in [7, 11) is 3.79. The molecule has 0 fully saturated rings. The SMILES string of the molecule is CN(CCCN(C)C(C)(C)O)C(C)(C)O. The van der Waals surface area contributed by atoms with Gasteiger partial charge >= 0.3 is 0 Å². The van der Waals surface area contributed by atoms with Gasteiger partial charge in [-0.25, -0.2) is 0 Å². The van der Waals surface area contributed by atoms with E-state index in [2.05, 4.69) is 0 Å². The standard InChI is InChI=1S/C11H26N2O2/c1-10(2,14)12(5)8-7-9-13(6)11(3,4)15/h14-15H,7-9H2,1-6H3. The van der Waals surface area contributed by atoms with Crippen LogP contribution in [0.2, 0.25) is 0 Å². The zero-order valence-electron chi connectivity index (χ0n) is 10.9. The van der Waals surface area contributed by atoms with Crippen LogP contribution in [-0.4, -0.2) is 58.6 Å². The molecule has 0 bridgehead atoms. The first-order valence-corrected chi connectivity index (χ1v) is 5.42. The molecule has 4 heteroatoms. The Morgan fingerprint density at radius 3 is 1.27 bits per heavy atom. The Bertz CT molecular complexity index is 162. The van der Waals surface area contributed by atoms with Gasteiger partial charge in [0.1, 0.15) is 11.4 Å². The van der Waals surface area contributed by atoms with Crippen LogP contribution < -0.4 is 0 Å². The minimum atomic E-state index is -0.771. The maximum absolute atomic E-state index is 9.67. The highest BCUT2D eigenvalue weighted by molar-refractivity contribution is 4.68. The smallest absolute Gasteiger partial charge is 0.112 e. The molecule has 0 aliphatic rings. The summed E-state index contributed by atoms with van der Waals surface area (Å²) in [6.07, 6.45) is 0.918. The number of aliphatic hydroxyl groups is 2.